The zero-order valence-corrected chi connectivity index (χ0v) is 9.72. The second-order valence-corrected chi connectivity index (χ2v) is 4.29. The fourth-order valence-electron chi connectivity index (χ4n) is 1.46. The largest absolute Gasteiger partial charge is 0.384 e. The number of hydrogen-bond acceptors (Lipinski definition) is 2. The van der Waals surface area contributed by atoms with Crippen LogP contribution >= 0.6 is 23.2 Å². The van der Waals surface area contributed by atoms with E-state index in [1.54, 1.807) is 18.2 Å². The summed E-state index contributed by atoms with van der Waals surface area (Å²) in [6, 6.07) is 6.46. The third-order valence-corrected chi connectivity index (χ3v) is 2.51. The Bertz CT molecular complexity index is 553. The highest BCUT2D eigenvalue weighted by atomic mass is 35.5. The van der Waals surface area contributed by atoms with Gasteiger partial charge in [-0.1, -0.05) is 23.2 Å². The van der Waals surface area contributed by atoms with Gasteiger partial charge in [0.2, 0.25) is 0 Å². The van der Waals surface area contributed by atoms with Gasteiger partial charge in [0.25, 0.3) is 5.56 Å². The molecule has 2 rings (SSSR count). The summed E-state index contributed by atoms with van der Waals surface area (Å²) in [6.07, 6.45) is 0. The van der Waals surface area contributed by atoms with Gasteiger partial charge in [-0.25, -0.2) is 4.68 Å². The van der Waals surface area contributed by atoms with Gasteiger partial charge in [-0.15, -0.1) is 0 Å². The minimum atomic E-state index is -0.186. The highest BCUT2D eigenvalue weighted by Crippen LogP contribution is 2.19. The summed E-state index contributed by atoms with van der Waals surface area (Å²) in [5.74, 6) is 0.332. The lowest BCUT2D eigenvalue weighted by Crippen LogP contribution is -2.16. The van der Waals surface area contributed by atoms with Crippen LogP contribution in [0.1, 0.15) is 5.56 Å². The Morgan fingerprint density at radius 2 is 1.81 bits per heavy atom. The van der Waals surface area contributed by atoms with Gasteiger partial charge < -0.3 is 5.73 Å². The lowest BCUT2D eigenvalue weighted by molar-refractivity contribution is 0.667. The fourth-order valence-corrected chi connectivity index (χ4v) is 2.03. The third-order valence-electron chi connectivity index (χ3n) is 2.07. The molecule has 0 atom stereocenters. The summed E-state index contributed by atoms with van der Waals surface area (Å²) >= 11 is 11.7. The number of halogens is 2. The van der Waals surface area contributed by atoms with Crippen molar-refractivity contribution in [1.29, 1.82) is 0 Å². The monoisotopic (exact) mass is 257 g/mol. The molecule has 1 heterocycles. The van der Waals surface area contributed by atoms with E-state index in [1.165, 1.54) is 10.7 Å². The van der Waals surface area contributed by atoms with Crippen LogP contribution in [-0.2, 0) is 6.54 Å². The number of hydrogen-bond donors (Lipinski definition) is 2. The zero-order valence-electron chi connectivity index (χ0n) is 8.21. The molecule has 0 saturated carbocycles. The molecule has 0 amide bonds. The van der Waals surface area contributed by atoms with Crippen LogP contribution in [0.25, 0.3) is 0 Å². The summed E-state index contributed by atoms with van der Waals surface area (Å²) in [5.41, 5.74) is 6.11. The molecule has 2 aromatic rings. The molecule has 0 bridgehead atoms. The van der Waals surface area contributed by atoms with Gasteiger partial charge in [0.1, 0.15) is 5.82 Å². The van der Waals surface area contributed by atoms with E-state index in [0.717, 1.165) is 5.56 Å². The van der Waals surface area contributed by atoms with Crippen LogP contribution < -0.4 is 11.3 Å². The van der Waals surface area contributed by atoms with E-state index in [4.69, 9.17) is 28.9 Å². The molecule has 4 nitrogen and oxygen atoms in total. The van der Waals surface area contributed by atoms with E-state index in [0.29, 0.717) is 22.4 Å². The van der Waals surface area contributed by atoms with E-state index in [1.807, 2.05) is 0 Å². The van der Waals surface area contributed by atoms with Crippen LogP contribution in [0.3, 0.4) is 0 Å². The van der Waals surface area contributed by atoms with E-state index in [9.17, 15) is 4.79 Å². The number of benzene rings is 1. The number of anilines is 1. The Morgan fingerprint density at radius 3 is 2.31 bits per heavy atom. The van der Waals surface area contributed by atoms with Crippen molar-refractivity contribution < 1.29 is 0 Å². The van der Waals surface area contributed by atoms with Crippen LogP contribution in [-0.4, -0.2) is 9.78 Å². The van der Waals surface area contributed by atoms with Crippen molar-refractivity contribution in [2.45, 2.75) is 6.54 Å². The van der Waals surface area contributed by atoms with Crippen molar-refractivity contribution in [3.63, 3.8) is 0 Å². The quantitative estimate of drug-likeness (QED) is 0.866. The maximum Gasteiger partial charge on any atom is 0.268 e. The van der Waals surface area contributed by atoms with Crippen LogP contribution in [0.2, 0.25) is 10.0 Å². The molecule has 3 N–H and O–H groups in total. The number of aromatic nitrogens is 2. The predicted molar refractivity (Wildman–Crippen MR) is 65.0 cm³/mol. The molecule has 84 valence electrons. The number of nitrogens with one attached hydrogen (secondary N) is 1. The first-order valence-electron chi connectivity index (χ1n) is 4.55. The minimum Gasteiger partial charge on any atom is -0.384 e. The van der Waals surface area contributed by atoms with E-state index in [2.05, 4.69) is 5.10 Å². The van der Waals surface area contributed by atoms with Crippen molar-refractivity contribution in [3.8, 4) is 0 Å². The Hall–Kier alpha value is -1.39. The first kappa shape index (κ1) is 11.1. The second kappa shape index (κ2) is 4.23. The minimum absolute atomic E-state index is 0.186. The topological polar surface area (TPSA) is 63.8 Å². The fraction of sp³-hybridized carbons (Fsp3) is 0.100. The molecule has 0 spiro atoms. The predicted octanol–water partition coefficient (Wildman–Crippen LogP) is 2.11. The molecule has 0 aliphatic carbocycles. The average Bonchev–Trinajstić information content (AvgIpc) is 2.43. The maximum atomic E-state index is 11.4. The molecule has 1 aromatic heterocycles. The molecule has 0 saturated heterocycles. The number of aromatic amines is 1. The van der Waals surface area contributed by atoms with Gasteiger partial charge >= 0.3 is 0 Å². The lowest BCUT2D eigenvalue weighted by Gasteiger charge is -2.03. The van der Waals surface area contributed by atoms with Crippen molar-refractivity contribution in [2.75, 3.05) is 5.73 Å². The highest BCUT2D eigenvalue weighted by Gasteiger charge is 2.03. The molecule has 0 aliphatic heterocycles. The van der Waals surface area contributed by atoms with Gasteiger partial charge in [0.05, 0.1) is 6.54 Å². The second-order valence-electron chi connectivity index (χ2n) is 3.41. The molecule has 0 unspecified atom stereocenters. The van der Waals surface area contributed by atoms with Crippen molar-refractivity contribution in [1.82, 2.24) is 9.78 Å². The summed E-state index contributed by atoms with van der Waals surface area (Å²) in [7, 11) is 0. The van der Waals surface area contributed by atoms with Crippen molar-refractivity contribution in [2.24, 2.45) is 0 Å². The van der Waals surface area contributed by atoms with Gasteiger partial charge in [-0.2, -0.15) is 0 Å². The van der Waals surface area contributed by atoms with Gasteiger partial charge in [0, 0.05) is 16.1 Å². The Labute approximate surface area is 102 Å². The molecule has 16 heavy (non-hydrogen) atoms. The van der Waals surface area contributed by atoms with Crippen LogP contribution in [0.5, 0.6) is 0 Å². The summed E-state index contributed by atoms with van der Waals surface area (Å²) in [6.45, 7) is 0.357. The number of nitrogens with zero attached hydrogens (tertiary/aromatic N) is 1. The average molecular weight is 258 g/mol. The molecule has 0 aliphatic rings. The third kappa shape index (κ3) is 2.40. The van der Waals surface area contributed by atoms with Crippen molar-refractivity contribution >= 4 is 29.0 Å². The number of nitrogens with two attached hydrogens (primary N) is 1. The molecule has 0 radical (unpaired) electrons. The van der Waals surface area contributed by atoms with E-state index >= 15 is 0 Å². The summed E-state index contributed by atoms with van der Waals surface area (Å²) < 4.78 is 1.39. The van der Waals surface area contributed by atoms with Crippen LogP contribution in [0, 0.1) is 0 Å². The van der Waals surface area contributed by atoms with Gasteiger partial charge in [0.15, 0.2) is 0 Å². The smallest absolute Gasteiger partial charge is 0.268 e. The SMILES string of the molecule is Nc1cc(=O)n(Cc2cc(Cl)cc(Cl)c2)[nH]1. The van der Waals surface area contributed by atoms with E-state index < -0.39 is 0 Å². The first-order valence-corrected chi connectivity index (χ1v) is 5.30. The number of H-pyrrole nitrogens is 1. The summed E-state index contributed by atoms with van der Waals surface area (Å²) in [4.78, 5) is 11.4. The molecule has 6 heteroatoms. The Kier molecular flexibility index (Phi) is 2.94. The maximum absolute atomic E-state index is 11.4. The first-order chi connectivity index (χ1) is 7.54. The molecular formula is C10H9Cl2N3O. The van der Waals surface area contributed by atoms with Gasteiger partial charge in [-0.05, 0) is 23.8 Å². The molecule has 0 fully saturated rings. The van der Waals surface area contributed by atoms with Gasteiger partial charge in [-0.3, -0.25) is 9.89 Å². The van der Waals surface area contributed by atoms with Crippen LogP contribution in [0.15, 0.2) is 29.1 Å². The van der Waals surface area contributed by atoms with Crippen LogP contribution in [0.4, 0.5) is 5.82 Å². The lowest BCUT2D eigenvalue weighted by atomic mass is 10.2. The highest BCUT2D eigenvalue weighted by molar-refractivity contribution is 6.34. The zero-order chi connectivity index (χ0) is 11.7. The molecule has 1 aromatic carbocycles. The Balaban J connectivity index is 2.33. The summed E-state index contributed by atoms with van der Waals surface area (Å²) in [5, 5.41) is 3.80. The van der Waals surface area contributed by atoms with E-state index in [-0.39, 0.29) is 5.56 Å². The van der Waals surface area contributed by atoms with Crippen molar-refractivity contribution in [3.05, 3.63) is 50.2 Å². The number of rotatable bonds is 2. The number of nitrogen functional groups attached to an aromatic ring is 1. The normalized spacial score (nSPS) is 10.6. The molecular weight excluding hydrogens is 249 g/mol. The Morgan fingerprint density at radius 1 is 1.19 bits per heavy atom. The standard InChI is InChI=1S/C10H9Cl2N3O/c11-7-1-6(2-8(12)3-7)5-15-10(16)4-9(13)14-15/h1-4,14H,5,13H2.